The minimum atomic E-state index is 0.155. The number of hydrogen-bond donors (Lipinski definition) is 1. The first-order valence-electron chi connectivity index (χ1n) is 6.58. The molecule has 104 valence electrons. The van der Waals surface area contributed by atoms with Gasteiger partial charge in [0.1, 0.15) is 0 Å². The van der Waals surface area contributed by atoms with E-state index in [-0.39, 0.29) is 5.91 Å². The second-order valence-corrected chi connectivity index (χ2v) is 5.02. The highest BCUT2D eigenvalue weighted by Crippen LogP contribution is 2.08. The first kappa shape index (κ1) is 15.6. The zero-order valence-corrected chi connectivity index (χ0v) is 12.2. The molecule has 1 rings (SSSR count). The number of pyridine rings is 1. The number of aromatic nitrogens is 1. The van der Waals surface area contributed by atoms with Gasteiger partial charge in [0.05, 0.1) is 4.99 Å². The third kappa shape index (κ3) is 6.29. The average Bonchev–Trinajstić information content (AvgIpc) is 2.41. The summed E-state index contributed by atoms with van der Waals surface area (Å²) in [7, 11) is 0. The zero-order chi connectivity index (χ0) is 14.1. The van der Waals surface area contributed by atoms with Crippen molar-refractivity contribution in [3.8, 4) is 0 Å². The van der Waals surface area contributed by atoms with Crippen molar-refractivity contribution >= 4 is 23.1 Å². The van der Waals surface area contributed by atoms with Crippen LogP contribution in [0.2, 0.25) is 0 Å². The monoisotopic (exact) mass is 279 g/mol. The van der Waals surface area contributed by atoms with Crippen LogP contribution >= 0.6 is 12.2 Å². The van der Waals surface area contributed by atoms with Crippen LogP contribution < -0.4 is 5.73 Å². The molecule has 4 nitrogen and oxygen atoms in total. The Balaban J connectivity index is 2.62. The summed E-state index contributed by atoms with van der Waals surface area (Å²) in [5.41, 5.74) is 6.54. The Bertz CT molecular complexity index is 408. The molecule has 0 aromatic carbocycles. The lowest BCUT2D eigenvalue weighted by Gasteiger charge is -2.22. The number of nitrogens with two attached hydrogens (primary N) is 1. The molecule has 0 aliphatic carbocycles. The van der Waals surface area contributed by atoms with Crippen molar-refractivity contribution < 1.29 is 4.79 Å². The van der Waals surface area contributed by atoms with E-state index in [0.717, 1.165) is 18.4 Å². The predicted molar refractivity (Wildman–Crippen MR) is 80.6 cm³/mol. The molecule has 0 saturated carbocycles. The normalized spacial score (nSPS) is 10.2. The molecule has 0 aliphatic heterocycles. The molecule has 0 aliphatic rings. The van der Waals surface area contributed by atoms with E-state index in [1.807, 2.05) is 17.0 Å². The lowest BCUT2D eigenvalue weighted by Crippen LogP contribution is -2.33. The Kier molecular flexibility index (Phi) is 7.03. The first-order valence-corrected chi connectivity index (χ1v) is 6.99. The molecule has 0 fully saturated rings. The number of carbonyl (C=O) groups excluding carboxylic acids is 1. The van der Waals surface area contributed by atoms with Crippen LogP contribution in [0.25, 0.3) is 0 Å². The highest BCUT2D eigenvalue weighted by atomic mass is 32.1. The van der Waals surface area contributed by atoms with Gasteiger partial charge in [-0.1, -0.05) is 31.6 Å². The molecule has 0 unspecified atom stereocenters. The van der Waals surface area contributed by atoms with E-state index >= 15 is 0 Å². The minimum Gasteiger partial charge on any atom is -0.393 e. The predicted octanol–water partition coefficient (Wildman–Crippen LogP) is 2.28. The number of nitrogens with zero attached hydrogens (tertiary/aromatic N) is 2. The maximum absolute atomic E-state index is 12.1. The van der Waals surface area contributed by atoms with Gasteiger partial charge in [0.15, 0.2) is 0 Å². The molecule has 2 N–H and O–H groups in total. The summed E-state index contributed by atoms with van der Waals surface area (Å²) in [4.78, 5) is 18.5. The Morgan fingerprint density at radius 1 is 1.47 bits per heavy atom. The summed E-state index contributed by atoms with van der Waals surface area (Å²) in [6, 6.07) is 3.84. The van der Waals surface area contributed by atoms with Crippen LogP contribution in [0.5, 0.6) is 0 Å². The number of hydrogen-bond acceptors (Lipinski definition) is 3. The Morgan fingerprint density at radius 2 is 2.26 bits per heavy atom. The molecule has 5 heteroatoms. The van der Waals surface area contributed by atoms with Crippen molar-refractivity contribution in [1.82, 2.24) is 9.88 Å². The van der Waals surface area contributed by atoms with Crippen LogP contribution in [0.1, 0.15) is 38.2 Å². The standard InChI is InChI=1S/C14H21N3OS/c1-2-3-6-14(18)17(9-7-13(15)19)11-12-5-4-8-16-10-12/h4-5,8,10H,2-3,6-7,9,11H2,1H3,(H2,15,19). The molecule has 1 aromatic heterocycles. The number of amides is 1. The molecule has 19 heavy (non-hydrogen) atoms. The maximum atomic E-state index is 12.1. The van der Waals surface area contributed by atoms with Gasteiger partial charge in [-0.2, -0.15) is 0 Å². The first-order chi connectivity index (χ1) is 9.13. The van der Waals surface area contributed by atoms with Gasteiger partial charge in [0.2, 0.25) is 5.91 Å². The highest BCUT2D eigenvalue weighted by Gasteiger charge is 2.13. The van der Waals surface area contributed by atoms with E-state index in [4.69, 9.17) is 18.0 Å². The van der Waals surface area contributed by atoms with Crippen molar-refractivity contribution in [2.75, 3.05) is 6.54 Å². The van der Waals surface area contributed by atoms with E-state index in [9.17, 15) is 4.79 Å². The molecule has 0 saturated heterocycles. The SMILES string of the molecule is CCCCC(=O)N(CCC(N)=S)Cc1cccnc1. The molecule has 0 bridgehead atoms. The fourth-order valence-corrected chi connectivity index (χ4v) is 1.83. The summed E-state index contributed by atoms with van der Waals surface area (Å²) in [6.45, 7) is 3.22. The van der Waals surface area contributed by atoms with Gasteiger partial charge in [-0.05, 0) is 18.1 Å². The lowest BCUT2D eigenvalue weighted by molar-refractivity contribution is -0.131. The van der Waals surface area contributed by atoms with Gasteiger partial charge in [0, 0.05) is 38.3 Å². The molecule has 0 radical (unpaired) electrons. The lowest BCUT2D eigenvalue weighted by atomic mass is 10.2. The summed E-state index contributed by atoms with van der Waals surface area (Å²) >= 11 is 4.88. The second kappa shape index (κ2) is 8.58. The van der Waals surface area contributed by atoms with Crippen LogP contribution in [0, 0.1) is 0 Å². The minimum absolute atomic E-state index is 0.155. The number of carbonyl (C=O) groups is 1. The fourth-order valence-electron chi connectivity index (χ4n) is 1.74. The van der Waals surface area contributed by atoms with E-state index in [1.54, 1.807) is 12.4 Å². The van der Waals surface area contributed by atoms with Crippen molar-refractivity contribution in [2.24, 2.45) is 5.73 Å². The van der Waals surface area contributed by atoms with Crippen molar-refractivity contribution in [3.63, 3.8) is 0 Å². The largest absolute Gasteiger partial charge is 0.393 e. The van der Waals surface area contributed by atoms with Crippen molar-refractivity contribution in [3.05, 3.63) is 30.1 Å². The van der Waals surface area contributed by atoms with Gasteiger partial charge in [-0.3, -0.25) is 9.78 Å². The Hall–Kier alpha value is -1.49. The van der Waals surface area contributed by atoms with Crippen LogP contribution in [-0.2, 0) is 11.3 Å². The molecule has 0 spiro atoms. The molecular formula is C14H21N3OS. The fraction of sp³-hybridized carbons (Fsp3) is 0.500. The van der Waals surface area contributed by atoms with Crippen LogP contribution in [0.3, 0.4) is 0 Å². The highest BCUT2D eigenvalue weighted by molar-refractivity contribution is 7.80. The van der Waals surface area contributed by atoms with Gasteiger partial charge < -0.3 is 10.6 Å². The summed E-state index contributed by atoms with van der Waals surface area (Å²) < 4.78 is 0. The van der Waals surface area contributed by atoms with Gasteiger partial charge in [-0.25, -0.2) is 0 Å². The summed E-state index contributed by atoms with van der Waals surface area (Å²) in [5, 5.41) is 0. The zero-order valence-electron chi connectivity index (χ0n) is 11.3. The van der Waals surface area contributed by atoms with Crippen LogP contribution in [0.4, 0.5) is 0 Å². The molecular weight excluding hydrogens is 258 g/mol. The third-order valence-corrected chi connectivity index (χ3v) is 3.03. The van der Waals surface area contributed by atoms with Crippen LogP contribution in [0.15, 0.2) is 24.5 Å². The summed E-state index contributed by atoms with van der Waals surface area (Å²) in [6.07, 6.45) is 6.57. The number of unbranched alkanes of at least 4 members (excludes halogenated alkanes) is 1. The van der Waals surface area contributed by atoms with Crippen molar-refractivity contribution in [1.29, 1.82) is 0 Å². The number of rotatable bonds is 8. The molecule has 0 atom stereocenters. The molecule has 1 heterocycles. The van der Waals surface area contributed by atoms with E-state index < -0.39 is 0 Å². The van der Waals surface area contributed by atoms with Crippen molar-refractivity contribution in [2.45, 2.75) is 39.2 Å². The van der Waals surface area contributed by atoms with Gasteiger partial charge in [0.25, 0.3) is 0 Å². The molecule has 1 amide bonds. The Morgan fingerprint density at radius 3 is 2.84 bits per heavy atom. The van der Waals surface area contributed by atoms with E-state index in [0.29, 0.717) is 30.9 Å². The van der Waals surface area contributed by atoms with Crippen LogP contribution in [-0.4, -0.2) is 27.3 Å². The van der Waals surface area contributed by atoms with E-state index in [1.165, 1.54) is 0 Å². The Labute approximate surface area is 120 Å². The van der Waals surface area contributed by atoms with Gasteiger partial charge >= 0.3 is 0 Å². The third-order valence-electron chi connectivity index (χ3n) is 2.82. The van der Waals surface area contributed by atoms with E-state index in [2.05, 4.69) is 11.9 Å². The smallest absolute Gasteiger partial charge is 0.222 e. The average molecular weight is 279 g/mol. The second-order valence-electron chi connectivity index (χ2n) is 4.50. The topological polar surface area (TPSA) is 59.2 Å². The maximum Gasteiger partial charge on any atom is 0.222 e. The molecule has 1 aromatic rings. The quantitative estimate of drug-likeness (QED) is 0.742. The summed E-state index contributed by atoms with van der Waals surface area (Å²) in [5.74, 6) is 0.155. The number of thiocarbonyl (C=S) groups is 1. The van der Waals surface area contributed by atoms with Gasteiger partial charge in [-0.15, -0.1) is 0 Å².